The molecule has 0 amide bonds. The molecule has 0 saturated heterocycles. The van der Waals surface area contributed by atoms with Crippen LogP contribution in [0.25, 0.3) is 10.2 Å². The lowest BCUT2D eigenvalue weighted by molar-refractivity contribution is -0.384. The van der Waals surface area contributed by atoms with Crippen molar-refractivity contribution in [2.75, 3.05) is 0 Å². The highest BCUT2D eigenvalue weighted by molar-refractivity contribution is 8.01. The number of benzene rings is 2. The molecular formula is C13H7FN2O2S2. The third-order valence-corrected chi connectivity index (χ3v) is 4.67. The van der Waals surface area contributed by atoms with Crippen molar-refractivity contribution < 1.29 is 9.31 Å². The van der Waals surface area contributed by atoms with Crippen LogP contribution in [0.4, 0.5) is 10.1 Å². The highest BCUT2D eigenvalue weighted by Crippen LogP contribution is 2.35. The summed E-state index contributed by atoms with van der Waals surface area (Å²) in [4.78, 5) is 15.6. The van der Waals surface area contributed by atoms with E-state index in [2.05, 4.69) is 4.98 Å². The van der Waals surface area contributed by atoms with Gasteiger partial charge in [0.25, 0.3) is 5.69 Å². The van der Waals surface area contributed by atoms with Crippen molar-refractivity contribution in [3.63, 3.8) is 0 Å². The molecule has 0 radical (unpaired) electrons. The van der Waals surface area contributed by atoms with Gasteiger partial charge in [-0.1, -0.05) is 11.8 Å². The smallest absolute Gasteiger partial charge is 0.258 e. The Morgan fingerprint density at radius 1 is 1.20 bits per heavy atom. The molecule has 4 nitrogen and oxygen atoms in total. The zero-order valence-electron chi connectivity index (χ0n) is 9.95. The first-order valence-electron chi connectivity index (χ1n) is 5.60. The van der Waals surface area contributed by atoms with Gasteiger partial charge < -0.3 is 0 Å². The molecule has 0 aliphatic heterocycles. The fourth-order valence-corrected chi connectivity index (χ4v) is 3.73. The Labute approximate surface area is 121 Å². The number of nitrogens with zero attached hydrogens (tertiary/aromatic N) is 2. The lowest BCUT2D eigenvalue weighted by atomic mass is 10.3. The molecule has 20 heavy (non-hydrogen) atoms. The molecule has 0 N–H and O–H groups in total. The number of nitro benzene ring substituents is 1. The molecule has 0 spiro atoms. The van der Waals surface area contributed by atoms with Crippen molar-refractivity contribution in [1.82, 2.24) is 4.98 Å². The minimum Gasteiger partial charge on any atom is -0.258 e. The topological polar surface area (TPSA) is 56.0 Å². The van der Waals surface area contributed by atoms with Crippen LogP contribution in [-0.4, -0.2) is 9.91 Å². The van der Waals surface area contributed by atoms with Crippen molar-refractivity contribution >= 4 is 39.0 Å². The fraction of sp³-hybridized carbons (Fsp3) is 0. The second kappa shape index (κ2) is 5.18. The minimum absolute atomic E-state index is 0.0551. The van der Waals surface area contributed by atoms with Crippen LogP contribution in [0.2, 0.25) is 0 Å². The van der Waals surface area contributed by atoms with E-state index in [4.69, 9.17) is 0 Å². The summed E-state index contributed by atoms with van der Waals surface area (Å²) in [6, 6.07) is 10.7. The van der Waals surface area contributed by atoms with Gasteiger partial charge in [0, 0.05) is 17.0 Å². The van der Waals surface area contributed by atoms with Crippen LogP contribution in [0, 0.1) is 15.9 Å². The normalized spacial score (nSPS) is 10.8. The Balaban J connectivity index is 1.92. The summed E-state index contributed by atoms with van der Waals surface area (Å²) in [5.41, 5.74) is 0.782. The Kier molecular flexibility index (Phi) is 3.37. The van der Waals surface area contributed by atoms with E-state index in [0.717, 1.165) is 19.5 Å². The number of hydrogen-bond acceptors (Lipinski definition) is 5. The van der Waals surface area contributed by atoms with Crippen LogP contribution in [0.15, 0.2) is 51.7 Å². The van der Waals surface area contributed by atoms with E-state index in [0.29, 0.717) is 0 Å². The largest absolute Gasteiger partial charge is 0.270 e. The fourth-order valence-electron chi connectivity index (χ4n) is 1.65. The van der Waals surface area contributed by atoms with Crippen molar-refractivity contribution in [3.05, 3.63) is 58.4 Å². The molecule has 1 heterocycles. The number of fused-ring (bicyclic) bond motifs is 1. The maximum absolute atomic E-state index is 12.8. The summed E-state index contributed by atoms with van der Waals surface area (Å²) in [6.07, 6.45) is 0. The van der Waals surface area contributed by atoms with Gasteiger partial charge in [-0.3, -0.25) is 10.1 Å². The van der Waals surface area contributed by atoms with E-state index in [-0.39, 0.29) is 11.5 Å². The van der Waals surface area contributed by atoms with Gasteiger partial charge in [-0.2, -0.15) is 0 Å². The number of nitro groups is 1. The van der Waals surface area contributed by atoms with Gasteiger partial charge in [-0.25, -0.2) is 9.37 Å². The van der Waals surface area contributed by atoms with Crippen LogP contribution in [0.3, 0.4) is 0 Å². The average Bonchev–Trinajstić information content (AvgIpc) is 2.82. The first-order valence-corrected chi connectivity index (χ1v) is 7.23. The summed E-state index contributed by atoms with van der Waals surface area (Å²) in [7, 11) is 0. The lowest BCUT2D eigenvalue weighted by Crippen LogP contribution is -1.85. The Morgan fingerprint density at radius 3 is 2.65 bits per heavy atom. The summed E-state index contributed by atoms with van der Waals surface area (Å²) >= 11 is 2.79. The highest BCUT2D eigenvalue weighted by atomic mass is 32.2. The number of aromatic nitrogens is 1. The average molecular weight is 306 g/mol. The summed E-state index contributed by atoms with van der Waals surface area (Å²) in [5, 5.41) is 10.7. The van der Waals surface area contributed by atoms with E-state index in [9.17, 15) is 14.5 Å². The van der Waals surface area contributed by atoms with Gasteiger partial charge in [0.2, 0.25) is 0 Å². The quantitative estimate of drug-likeness (QED) is 0.528. The maximum atomic E-state index is 12.8. The van der Waals surface area contributed by atoms with E-state index in [1.165, 1.54) is 47.4 Å². The van der Waals surface area contributed by atoms with Crippen molar-refractivity contribution in [2.24, 2.45) is 0 Å². The third kappa shape index (κ3) is 2.63. The molecule has 0 bridgehead atoms. The first kappa shape index (κ1) is 13.0. The molecule has 0 fully saturated rings. The number of rotatable bonds is 3. The number of thiazole rings is 1. The predicted molar refractivity (Wildman–Crippen MR) is 76.8 cm³/mol. The summed E-state index contributed by atoms with van der Waals surface area (Å²) < 4.78 is 14.4. The molecule has 0 saturated carbocycles. The van der Waals surface area contributed by atoms with Gasteiger partial charge in [0.15, 0.2) is 4.34 Å². The molecule has 7 heteroatoms. The predicted octanol–water partition coefficient (Wildman–Crippen LogP) is 4.49. The van der Waals surface area contributed by atoms with Crippen molar-refractivity contribution in [3.8, 4) is 0 Å². The van der Waals surface area contributed by atoms with Crippen molar-refractivity contribution in [2.45, 2.75) is 9.24 Å². The molecule has 0 unspecified atom stereocenters. The third-order valence-electron chi connectivity index (χ3n) is 2.58. The second-order valence-electron chi connectivity index (χ2n) is 3.94. The molecule has 0 atom stereocenters. The molecular weight excluding hydrogens is 299 g/mol. The zero-order valence-corrected chi connectivity index (χ0v) is 11.6. The van der Waals surface area contributed by atoms with Gasteiger partial charge in [-0.15, -0.1) is 11.3 Å². The zero-order chi connectivity index (χ0) is 14.1. The van der Waals surface area contributed by atoms with Crippen LogP contribution in [-0.2, 0) is 0 Å². The lowest BCUT2D eigenvalue weighted by Gasteiger charge is -1.95. The number of hydrogen-bond donors (Lipinski definition) is 0. The van der Waals surface area contributed by atoms with Gasteiger partial charge in [0.1, 0.15) is 5.82 Å². The second-order valence-corrected chi connectivity index (χ2v) is 6.30. The Morgan fingerprint density at radius 2 is 1.95 bits per heavy atom. The monoisotopic (exact) mass is 306 g/mol. The van der Waals surface area contributed by atoms with Crippen molar-refractivity contribution in [1.29, 1.82) is 0 Å². The highest BCUT2D eigenvalue weighted by Gasteiger charge is 2.11. The molecule has 0 aliphatic rings. The minimum atomic E-state index is -0.425. The summed E-state index contributed by atoms with van der Waals surface area (Å²) in [5.74, 6) is -0.283. The van der Waals surface area contributed by atoms with Gasteiger partial charge in [0.05, 0.1) is 15.1 Å². The van der Waals surface area contributed by atoms with Gasteiger partial charge >= 0.3 is 0 Å². The number of non-ortho nitro benzene ring substituents is 1. The Bertz CT molecular complexity index is 787. The molecule has 2 aromatic carbocycles. The molecule has 3 rings (SSSR count). The van der Waals surface area contributed by atoms with Crippen LogP contribution >= 0.6 is 23.1 Å². The van der Waals surface area contributed by atoms with E-state index >= 15 is 0 Å². The molecule has 1 aromatic heterocycles. The van der Waals surface area contributed by atoms with Crippen LogP contribution < -0.4 is 0 Å². The molecule has 0 aliphatic carbocycles. The summed E-state index contributed by atoms with van der Waals surface area (Å²) in [6.45, 7) is 0. The molecule has 100 valence electrons. The SMILES string of the molecule is O=[N+]([O-])c1ccc2nc(Sc3ccc(F)cc3)sc2c1. The molecule has 3 aromatic rings. The number of halogens is 1. The van der Waals surface area contributed by atoms with Crippen LogP contribution in [0.5, 0.6) is 0 Å². The standard InChI is InChI=1S/C13H7FN2O2S2/c14-8-1-4-10(5-2-8)19-13-15-11-6-3-9(16(17)18)7-12(11)20-13/h1-7H. The first-order chi connectivity index (χ1) is 9.61. The van der Waals surface area contributed by atoms with Gasteiger partial charge in [-0.05, 0) is 30.3 Å². The Hall–Kier alpha value is -1.99. The van der Waals surface area contributed by atoms with E-state index < -0.39 is 4.92 Å². The van der Waals surface area contributed by atoms with E-state index in [1.807, 2.05) is 0 Å². The maximum Gasteiger partial charge on any atom is 0.270 e. The van der Waals surface area contributed by atoms with E-state index in [1.54, 1.807) is 18.2 Å². The van der Waals surface area contributed by atoms with Crippen LogP contribution in [0.1, 0.15) is 0 Å².